The average molecular weight is 303 g/mol. The molecule has 0 aromatic heterocycles. The van der Waals surface area contributed by atoms with E-state index in [0.29, 0.717) is 6.42 Å². The lowest BCUT2D eigenvalue weighted by Crippen LogP contribution is -2.19. The quantitative estimate of drug-likeness (QED) is 0.562. The Kier molecular flexibility index (Phi) is 4.75. The Morgan fingerprint density at radius 1 is 1.54 bits per heavy atom. The Bertz CT molecular complexity index is 249. The van der Waals surface area contributed by atoms with Crippen molar-refractivity contribution >= 4 is 22.6 Å². The molecular formula is C8H9F3IN. The molecule has 0 saturated carbocycles. The van der Waals surface area contributed by atoms with Gasteiger partial charge in [0.1, 0.15) is 6.07 Å². The summed E-state index contributed by atoms with van der Waals surface area (Å²) in [5, 5.41) is 8.40. The number of hydrogen-bond acceptors (Lipinski definition) is 1. The van der Waals surface area contributed by atoms with Crippen LogP contribution in [0.2, 0.25) is 0 Å². The van der Waals surface area contributed by atoms with Gasteiger partial charge in [-0.05, 0) is 34.9 Å². The Balaban J connectivity index is 5.14. The SMILES string of the molecule is CCC(C)/C(=C(/I)C#N)C(F)(F)F. The zero-order valence-corrected chi connectivity index (χ0v) is 9.40. The molecule has 0 aromatic rings. The standard InChI is InChI=1S/C8H9F3IN/c1-3-5(2)7(6(12)4-13)8(9,10)11/h5H,3H2,1-2H3/b7-6-. The maximum atomic E-state index is 12.4. The van der Waals surface area contributed by atoms with Gasteiger partial charge in [0.25, 0.3) is 0 Å². The van der Waals surface area contributed by atoms with E-state index in [-0.39, 0.29) is 3.58 Å². The van der Waals surface area contributed by atoms with E-state index >= 15 is 0 Å². The van der Waals surface area contributed by atoms with Crippen LogP contribution in [0.5, 0.6) is 0 Å². The summed E-state index contributed by atoms with van der Waals surface area (Å²) in [5.74, 6) is -0.619. The second-order valence-electron chi connectivity index (χ2n) is 2.65. The van der Waals surface area contributed by atoms with Gasteiger partial charge in [-0.25, -0.2) is 0 Å². The van der Waals surface area contributed by atoms with Crippen LogP contribution in [0.15, 0.2) is 9.15 Å². The van der Waals surface area contributed by atoms with Crippen LogP contribution >= 0.6 is 22.6 Å². The minimum absolute atomic E-state index is 0.264. The van der Waals surface area contributed by atoms with Crippen LogP contribution in [0.4, 0.5) is 13.2 Å². The van der Waals surface area contributed by atoms with Crippen molar-refractivity contribution in [1.82, 2.24) is 0 Å². The molecule has 0 amide bonds. The number of allylic oxidation sites excluding steroid dienone is 2. The minimum Gasteiger partial charge on any atom is -0.192 e. The lowest BCUT2D eigenvalue weighted by Gasteiger charge is -2.17. The van der Waals surface area contributed by atoms with Crippen LogP contribution in [0, 0.1) is 17.2 Å². The molecule has 0 N–H and O–H groups in total. The molecule has 0 heterocycles. The molecule has 0 saturated heterocycles. The van der Waals surface area contributed by atoms with Gasteiger partial charge in [-0.3, -0.25) is 0 Å². The highest BCUT2D eigenvalue weighted by Crippen LogP contribution is 2.36. The van der Waals surface area contributed by atoms with Crippen LogP contribution in [0.3, 0.4) is 0 Å². The highest BCUT2D eigenvalue weighted by Gasteiger charge is 2.38. The minimum atomic E-state index is -4.39. The van der Waals surface area contributed by atoms with Gasteiger partial charge in [0.15, 0.2) is 0 Å². The van der Waals surface area contributed by atoms with Crippen molar-refractivity contribution < 1.29 is 13.2 Å². The molecule has 0 rings (SSSR count). The summed E-state index contributed by atoms with van der Waals surface area (Å²) in [5.41, 5.74) is -0.710. The van der Waals surface area contributed by atoms with Gasteiger partial charge in [0.2, 0.25) is 0 Å². The van der Waals surface area contributed by atoms with E-state index in [2.05, 4.69) is 0 Å². The van der Waals surface area contributed by atoms with Crippen molar-refractivity contribution in [3.05, 3.63) is 9.15 Å². The summed E-state index contributed by atoms with van der Waals surface area (Å²) in [4.78, 5) is 0. The monoisotopic (exact) mass is 303 g/mol. The van der Waals surface area contributed by atoms with E-state index in [1.54, 1.807) is 6.92 Å². The zero-order valence-electron chi connectivity index (χ0n) is 7.24. The summed E-state index contributed by atoms with van der Waals surface area (Å²) >= 11 is 1.43. The summed E-state index contributed by atoms with van der Waals surface area (Å²) in [6.45, 7) is 3.14. The third-order valence-corrected chi connectivity index (χ3v) is 2.57. The van der Waals surface area contributed by atoms with Gasteiger partial charge >= 0.3 is 6.18 Å². The van der Waals surface area contributed by atoms with Gasteiger partial charge in [-0.15, -0.1) is 0 Å². The maximum Gasteiger partial charge on any atom is 0.414 e. The van der Waals surface area contributed by atoms with Crippen molar-refractivity contribution in [3.8, 4) is 6.07 Å². The topological polar surface area (TPSA) is 23.8 Å². The smallest absolute Gasteiger partial charge is 0.192 e. The Morgan fingerprint density at radius 2 is 2.00 bits per heavy atom. The van der Waals surface area contributed by atoms with Gasteiger partial charge < -0.3 is 0 Å². The van der Waals surface area contributed by atoms with Gasteiger partial charge in [-0.2, -0.15) is 18.4 Å². The van der Waals surface area contributed by atoms with Crippen molar-refractivity contribution in [2.45, 2.75) is 26.4 Å². The van der Waals surface area contributed by atoms with E-state index in [0.717, 1.165) is 0 Å². The van der Waals surface area contributed by atoms with Crippen molar-refractivity contribution in [2.75, 3.05) is 0 Å². The summed E-state index contributed by atoms with van der Waals surface area (Å²) in [7, 11) is 0. The van der Waals surface area contributed by atoms with E-state index < -0.39 is 17.7 Å². The zero-order chi connectivity index (χ0) is 10.6. The molecular weight excluding hydrogens is 294 g/mol. The van der Waals surface area contributed by atoms with Crippen molar-refractivity contribution in [3.63, 3.8) is 0 Å². The molecule has 0 aliphatic carbocycles. The van der Waals surface area contributed by atoms with Crippen LogP contribution < -0.4 is 0 Å². The normalized spacial score (nSPS) is 16.1. The lowest BCUT2D eigenvalue weighted by atomic mass is 9.98. The molecule has 0 fully saturated rings. The first kappa shape index (κ1) is 12.8. The molecule has 0 spiro atoms. The fourth-order valence-corrected chi connectivity index (χ4v) is 1.72. The summed E-state index contributed by atoms with van der Waals surface area (Å²) in [6, 6.07) is 1.53. The molecule has 0 aliphatic heterocycles. The maximum absolute atomic E-state index is 12.4. The molecule has 1 nitrogen and oxygen atoms in total. The number of hydrogen-bond donors (Lipinski definition) is 0. The van der Waals surface area contributed by atoms with Crippen LogP contribution in [0.25, 0.3) is 0 Å². The highest BCUT2D eigenvalue weighted by molar-refractivity contribution is 14.1. The van der Waals surface area contributed by atoms with E-state index in [9.17, 15) is 13.2 Å². The molecule has 0 radical (unpaired) electrons. The van der Waals surface area contributed by atoms with Gasteiger partial charge in [0, 0.05) is 0 Å². The van der Waals surface area contributed by atoms with Gasteiger partial charge in [-0.1, -0.05) is 13.8 Å². The molecule has 1 unspecified atom stereocenters. The lowest BCUT2D eigenvalue weighted by molar-refractivity contribution is -0.0985. The number of rotatable bonds is 2. The largest absolute Gasteiger partial charge is 0.414 e. The third kappa shape index (κ3) is 3.55. The second-order valence-corrected chi connectivity index (χ2v) is 3.73. The Morgan fingerprint density at radius 3 is 2.23 bits per heavy atom. The molecule has 0 aliphatic rings. The molecule has 5 heteroatoms. The van der Waals surface area contributed by atoms with Crippen LogP contribution in [-0.2, 0) is 0 Å². The Hall–Kier alpha value is -0.250. The fourth-order valence-electron chi connectivity index (χ4n) is 0.885. The van der Waals surface area contributed by atoms with Crippen molar-refractivity contribution in [1.29, 1.82) is 5.26 Å². The number of alkyl halides is 3. The van der Waals surface area contributed by atoms with E-state index in [4.69, 9.17) is 5.26 Å². The molecule has 0 aromatic carbocycles. The van der Waals surface area contributed by atoms with E-state index in [1.807, 2.05) is 0 Å². The summed E-state index contributed by atoms with van der Waals surface area (Å²) in [6.07, 6.45) is -4.01. The number of nitrogens with zero attached hydrogens (tertiary/aromatic N) is 1. The summed E-state index contributed by atoms with van der Waals surface area (Å²) < 4.78 is 36.9. The van der Waals surface area contributed by atoms with E-state index in [1.165, 1.54) is 35.6 Å². The molecule has 1 atom stereocenters. The third-order valence-electron chi connectivity index (χ3n) is 1.75. The van der Waals surface area contributed by atoms with Gasteiger partial charge in [0.05, 0.1) is 9.15 Å². The average Bonchev–Trinajstić information content (AvgIpc) is 2.01. The second kappa shape index (κ2) is 4.84. The van der Waals surface area contributed by atoms with Crippen LogP contribution in [-0.4, -0.2) is 6.18 Å². The Labute approximate surface area is 88.8 Å². The predicted octanol–water partition coefficient (Wildman–Crippen LogP) is 3.81. The first-order valence-electron chi connectivity index (χ1n) is 3.71. The predicted molar refractivity (Wildman–Crippen MR) is 52.2 cm³/mol. The molecule has 74 valence electrons. The molecule has 0 bridgehead atoms. The van der Waals surface area contributed by atoms with Crippen LogP contribution in [0.1, 0.15) is 20.3 Å². The fraction of sp³-hybridized carbons (Fsp3) is 0.625. The first-order valence-corrected chi connectivity index (χ1v) is 4.79. The van der Waals surface area contributed by atoms with Crippen molar-refractivity contribution in [2.24, 2.45) is 5.92 Å². The number of nitriles is 1. The highest BCUT2D eigenvalue weighted by atomic mass is 127. The first-order chi connectivity index (χ1) is 5.84. The number of halogens is 4. The molecule has 13 heavy (non-hydrogen) atoms.